The Hall–Kier alpha value is -0.120. The Labute approximate surface area is 112 Å². The Bertz CT molecular complexity index is 259. The first-order chi connectivity index (χ1) is 8.65. The highest BCUT2D eigenvalue weighted by Crippen LogP contribution is 2.32. The third-order valence-electron chi connectivity index (χ3n) is 5.27. The summed E-state index contributed by atoms with van der Waals surface area (Å²) < 4.78 is 0. The topological polar surface area (TPSA) is 35.5 Å². The normalized spacial score (nSPS) is 42.3. The third-order valence-corrected chi connectivity index (χ3v) is 5.27. The smallest absolute Gasteiger partial charge is 0.0589 e. The average molecular weight is 254 g/mol. The van der Waals surface area contributed by atoms with Crippen LogP contribution in [0.5, 0.6) is 0 Å². The molecule has 5 unspecified atom stereocenters. The highest BCUT2D eigenvalue weighted by molar-refractivity contribution is 4.90. The van der Waals surface area contributed by atoms with Crippen LogP contribution >= 0.6 is 0 Å². The minimum absolute atomic E-state index is 0.327. The van der Waals surface area contributed by atoms with Crippen LogP contribution in [0.25, 0.3) is 0 Å². The van der Waals surface area contributed by atoms with Crippen LogP contribution in [-0.2, 0) is 0 Å². The molecule has 1 aliphatic heterocycles. The van der Waals surface area contributed by atoms with Crippen LogP contribution in [0.4, 0.5) is 0 Å². The van der Waals surface area contributed by atoms with Crippen LogP contribution in [0.15, 0.2) is 0 Å². The van der Waals surface area contributed by atoms with Crippen LogP contribution in [0.3, 0.4) is 0 Å². The van der Waals surface area contributed by atoms with E-state index in [1.54, 1.807) is 0 Å². The van der Waals surface area contributed by atoms with Crippen LogP contribution in [-0.4, -0.2) is 48.8 Å². The molecule has 0 aromatic rings. The van der Waals surface area contributed by atoms with Crippen molar-refractivity contribution in [1.29, 1.82) is 0 Å². The summed E-state index contributed by atoms with van der Waals surface area (Å²) in [7, 11) is 2.10. The Balaban J connectivity index is 1.94. The SMILES string of the molecule is CNC1CCC(C)CC1CN1CCC(C)C1CO. The quantitative estimate of drug-likeness (QED) is 0.802. The van der Waals surface area contributed by atoms with E-state index in [0.29, 0.717) is 24.6 Å². The highest BCUT2D eigenvalue weighted by atomic mass is 16.3. The first-order valence-corrected chi connectivity index (χ1v) is 7.67. The molecular weight excluding hydrogens is 224 g/mol. The van der Waals surface area contributed by atoms with E-state index in [2.05, 4.69) is 31.1 Å². The summed E-state index contributed by atoms with van der Waals surface area (Å²) >= 11 is 0. The number of aliphatic hydroxyl groups excluding tert-OH is 1. The molecule has 106 valence electrons. The lowest BCUT2D eigenvalue weighted by Crippen LogP contribution is -2.46. The van der Waals surface area contributed by atoms with Gasteiger partial charge in [-0.2, -0.15) is 0 Å². The Morgan fingerprint density at radius 3 is 2.67 bits per heavy atom. The van der Waals surface area contributed by atoms with E-state index in [1.165, 1.54) is 38.8 Å². The lowest BCUT2D eigenvalue weighted by molar-refractivity contribution is 0.0972. The summed E-state index contributed by atoms with van der Waals surface area (Å²) in [4.78, 5) is 2.54. The molecule has 3 nitrogen and oxygen atoms in total. The fourth-order valence-corrected chi connectivity index (χ4v) is 3.99. The molecule has 1 aliphatic carbocycles. The monoisotopic (exact) mass is 254 g/mol. The Morgan fingerprint density at radius 2 is 2.00 bits per heavy atom. The van der Waals surface area contributed by atoms with Crippen molar-refractivity contribution in [3.63, 3.8) is 0 Å². The fraction of sp³-hybridized carbons (Fsp3) is 1.00. The van der Waals surface area contributed by atoms with Gasteiger partial charge in [0, 0.05) is 18.6 Å². The molecule has 0 radical (unpaired) electrons. The van der Waals surface area contributed by atoms with Crippen molar-refractivity contribution in [3.05, 3.63) is 0 Å². The summed E-state index contributed by atoms with van der Waals surface area (Å²) in [5, 5.41) is 13.1. The number of hydrogen-bond donors (Lipinski definition) is 2. The Kier molecular flexibility index (Phi) is 5.05. The van der Waals surface area contributed by atoms with Gasteiger partial charge in [-0.15, -0.1) is 0 Å². The van der Waals surface area contributed by atoms with E-state index < -0.39 is 0 Å². The molecule has 0 aromatic carbocycles. The maximum Gasteiger partial charge on any atom is 0.0589 e. The standard InChI is InChI=1S/C15H30N2O/c1-11-4-5-14(16-3)13(8-11)9-17-7-6-12(2)15(17)10-18/h11-16,18H,4-10H2,1-3H3. The second kappa shape index (κ2) is 6.36. The lowest BCUT2D eigenvalue weighted by atomic mass is 9.78. The summed E-state index contributed by atoms with van der Waals surface area (Å²) in [5.74, 6) is 2.29. The van der Waals surface area contributed by atoms with E-state index in [9.17, 15) is 5.11 Å². The largest absolute Gasteiger partial charge is 0.395 e. The molecule has 5 atom stereocenters. The zero-order valence-corrected chi connectivity index (χ0v) is 12.2. The second-order valence-corrected chi connectivity index (χ2v) is 6.58. The number of nitrogens with one attached hydrogen (secondary N) is 1. The van der Waals surface area contributed by atoms with Crippen LogP contribution in [0.2, 0.25) is 0 Å². The van der Waals surface area contributed by atoms with Crippen LogP contribution in [0.1, 0.15) is 39.5 Å². The summed E-state index contributed by atoms with van der Waals surface area (Å²) in [6.07, 6.45) is 5.27. The molecule has 0 spiro atoms. The van der Waals surface area contributed by atoms with Crippen molar-refractivity contribution in [1.82, 2.24) is 10.2 Å². The first kappa shape index (κ1) is 14.3. The van der Waals surface area contributed by atoms with Gasteiger partial charge >= 0.3 is 0 Å². The number of hydrogen-bond acceptors (Lipinski definition) is 3. The van der Waals surface area contributed by atoms with Crippen molar-refractivity contribution in [3.8, 4) is 0 Å². The molecule has 3 heteroatoms. The Morgan fingerprint density at radius 1 is 1.22 bits per heavy atom. The molecule has 0 amide bonds. The van der Waals surface area contributed by atoms with Crippen molar-refractivity contribution in [2.24, 2.45) is 17.8 Å². The van der Waals surface area contributed by atoms with Gasteiger partial charge in [0.2, 0.25) is 0 Å². The molecule has 18 heavy (non-hydrogen) atoms. The van der Waals surface area contributed by atoms with Crippen molar-refractivity contribution < 1.29 is 5.11 Å². The van der Waals surface area contributed by atoms with Crippen molar-refractivity contribution in [2.45, 2.75) is 51.6 Å². The lowest BCUT2D eigenvalue weighted by Gasteiger charge is -2.38. The van der Waals surface area contributed by atoms with Gasteiger partial charge in [0.25, 0.3) is 0 Å². The maximum atomic E-state index is 9.55. The molecule has 2 fully saturated rings. The van der Waals surface area contributed by atoms with Gasteiger partial charge < -0.3 is 10.4 Å². The molecule has 0 bridgehead atoms. The van der Waals surface area contributed by atoms with Gasteiger partial charge in [-0.3, -0.25) is 4.90 Å². The van der Waals surface area contributed by atoms with Gasteiger partial charge in [-0.05, 0) is 57.0 Å². The summed E-state index contributed by atoms with van der Waals surface area (Å²) in [6.45, 7) is 7.34. The van der Waals surface area contributed by atoms with Gasteiger partial charge in [-0.25, -0.2) is 0 Å². The fourth-order valence-electron chi connectivity index (χ4n) is 3.99. The van der Waals surface area contributed by atoms with E-state index in [0.717, 1.165) is 11.8 Å². The predicted octanol–water partition coefficient (Wildman–Crippen LogP) is 1.71. The van der Waals surface area contributed by atoms with E-state index in [-0.39, 0.29) is 0 Å². The van der Waals surface area contributed by atoms with E-state index in [4.69, 9.17) is 0 Å². The molecule has 2 N–H and O–H groups in total. The summed E-state index contributed by atoms with van der Waals surface area (Å²) in [6, 6.07) is 1.08. The first-order valence-electron chi connectivity index (χ1n) is 7.67. The second-order valence-electron chi connectivity index (χ2n) is 6.58. The minimum Gasteiger partial charge on any atom is -0.395 e. The molecule has 2 aliphatic rings. The molecule has 0 aromatic heterocycles. The molecule has 1 saturated carbocycles. The van der Waals surface area contributed by atoms with Gasteiger partial charge in [0.1, 0.15) is 0 Å². The molecule has 1 saturated heterocycles. The van der Waals surface area contributed by atoms with Gasteiger partial charge in [0.15, 0.2) is 0 Å². The molecular formula is C15H30N2O. The average Bonchev–Trinajstić information content (AvgIpc) is 2.70. The molecule has 1 heterocycles. The van der Waals surface area contributed by atoms with E-state index >= 15 is 0 Å². The highest BCUT2D eigenvalue weighted by Gasteiger charge is 2.35. The zero-order chi connectivity index (χ0) is 13.1. The van der Waals surface area contributed by atoms with Crippen molar-refractivity contribution in [2.75, 3.05) is 26.7 Å². The molecule has 2 rings (SSSR count). The number of aliphatic hydroxyl groups is 1. The number of nitrogens with zero attached hydrogens (tertiary/aromatic N) is 1. The van der Waals surface area contributed by atoms with Gasteiger partial charge in [-0.1, -0.05) is 13.8 Å². The van der Waals surface area contributed by atoms with Crippen LogP contribution in [0, 0.1) is 17.8 Å². The number of likely N-dealkylation sites (tertiary alicyclic amines) is 1. The minimum atomic E-state index is 0.327. The number of rotatable bonds is 4. The van der Waals surface area contributed by atoms with E-state index in [1.807, 2.05) is 0 Å². The zero-order valence-electron chi connectivity index (χ0n) is 12.2. The maximum absolute atomic E-state index is 9.55. The van der Waals surface area contributed by atoms with Gasteiger partial charge in [0.05, 0.1) is 6.61 Å². The summed E-state index contributed by atoms with van der Waals surface area (Å²) in [5.41, 5.74) is 0. The predicted molar refractivity (Wildman–Crippen MR) is 75.6 cm³/mol. The van der Waals surface area contributed by atoms with Crippen molar-refractivity contribution >= 4 is 0 Å². The van der Waals surface area contributed by atoms with Crippen LogP contribution < -0.4 is 5.32 Å². The third kappa shape index (κ3) is 3.06.